The molecule has 6 heteroatoms. The number of thioether (sulfide) groups is 1. The normalized spacial score (nSPS) is 24.4. The number of likely N-dealkylation sites (N-methyl/N-ethyl adjacent to an activating group) is 1. The van der Waals surface area contributed by atoms with E-state index in [2.05, 4.69) is 5.32 Å². The van der Waals surface area contributed by atoms with Crippen LogP contribution in [0.15, 0.2) is 22.9 Å². The number of ether oxygens (including phenoxy) is 1. The Morgan fingerprint density at radius 1 is 1.80 bits per heavy atom. The van der Waals surface area contributed by atoms with Crippen molar-refractivity contribution in [1.82, 2.24) is 10.2 Å². The summed E-state index contributed by atoms with van der Waals surface area (Å²) in [5.41, 5.74) is 0.902. The van der Waals surface area contributed by atoms with Gasteiger partial charge in [0.25, 0.3) is 0 Å². The molecule has 1 N–H and O–H groups in total. The van der Waals surface area contributed by atoms with Gasteiger partial charge in [0.1, 0.15) is 6.61 Å². The first-order chi connectivity index (χ1) is 7.15. The van der Waals surface area contributed by atoms with Crippen LogP contribution in [0.2, 0.25) is 0 Å². The minimum Gasteiger partial charge on any atom is -0.456 e. The summed E-state index contributed by atoms with van der Waals surface area (Å²) >= 11 is 7.44. The highest BCUT2D eigenvalue weighted by molar-refractivity contribution is 8.05. The summed E-state index contributed by atoms with van der Waals surface area (Å²) in [6, 6.07) is 0. The summed E-state index contributed by atoms with van der Waals surface area (Å²) in [5.74, 6) is -0.266. The summed E-state index contributed by atoms with van der Waals surface area (Å²) in [7, 11) is 1.93. The molecular formula is C9H11ClN2O2S. The van der Waals surface area contributed by atoms with E-state index in [0.29, 0.717) is 6.61 Å². The molecule has 0 bridgehead atoms. The van der Waals surface area contributed by atoms with E-state index >= 15 is 0 Å². The predicted molar refractivity (Wildman–Crippen MR) is 60.1 cm³/mol. The SMILES string of the molecule is CN(CC1=CNC(Cl)S1)C1=CC(=O)OC1. The maximum absolute atomic E-state index is 10.9. The zero-order valence-corrected chi connectivity index (χ0v) is 9.77. The predicted octanol–water partition coefficient (Wildman–Crippen LogP) is 1.06. The van der Waals surface area contributed by atoms with Crippen LogP contribution < -0.4 is 5.32 Å². The fourth-order valence-corrected chi connectivity index (χ4v) is 2.57. The highest BCUT2D eigenvalue weighted by atomic mass is 35.5. The lowest BCUT2D eigenvalue weighted by Crippen LogP contribution is -2.20. The Morgan fingerprint density at radius 2 is 2.60 bits per heavy atom. The molecule has 4 nitrogen and oxygen atoms in total. The molecule has 2 rings (SSSR count). The number of alkyl halides is 1. The highest BCUT2D eigenvalue weighted by Crippen LogP contribution is 2.29. The second-order valence-electron chi connectivity index (χ2n) is 3.31. The molecule has 82 valence electrons. The molecule has 2 aliphatic heterocycles. The smallest absolute Gasteiger partial charge is 0.333 e. The van der Waals surface area contributed by atoms with Crippen molar-refractivity contribution < 1.29 is 9.53 Å². The number of rotatable bonds is 3. The van der Waals surface area contributed by atoms with Gasteiger partial charge in [-0.2, -0.15) is 0 Å². The Bertz CT molecular complexity index is 343. The standard InChI is InChI=1S/C9H11ClN2O2S/c1-12(6-2-8(13)14-5-6)4-7-3-11-9(10)15-7/h2-3,9,11H,4-5H2,1H3. The third kappa shape index (κ3) is 2.60. The van der Waals surface area contributed by atoms with Crippen molar-refractivity contribution >= 4 is 29.3 Å². The van der Waals surface area contributed by atoms with Crippen LogP contribution in [0.3, 0.4) is 0 Å². The van der Waals surface area contributed by atoms with Gasteiger partial charge in [-0.05, 0) is 0 Å². The van der Waals surface area contributed by atoms with Gasteiger partial charge in [0.2, 0.25) is 0 Å². The van der Waals surface area contributed by atoms with Gasteiger partial charge in [0.15, 0.2) is 4.83 Å². The highest BCUT2D eigenvalue weighted by Gasteiger charge is 2.20. The molecular weight excluding hydrogens is 236 g/mol. The lowest BCUT2D eigenvalue weighted by atomic mass is 10.4. The van der Waals surface area contributed by atoms with Crippen LogP contribution in [-0.4, -0.2) is 35.9 Å². The molecule has 0 aromatic heterocycles. The Morgan fingerprint density at radius 3 is 3.13 bits per heavy atom. The van der Waals surface area contributed by atoms with Crippen molar-refractivity contribution in [2.24, 2.45) is 0 Å². The molecule has 2 heterocycles. The average Bonchev–Trinajstić information content (AvgIpc) is 2.75. The Balaban J connectivity index is 1.90. The van der Waals surface area contributed by atoms with E-state index in [1.54, 1.807) is 11.8 Å². The average molecular weight is 247 g/mol. The van der Waals surface area contributed by atoms with Gasteiger partial charge >= 0.3 is 5.97 Å². The van der Waals surface area contributed by atoms with E-state index in [1.807, 2.05) is 18.1 Å². The summed E-state index contributed by atoms with van der Waals surface area (Å²) in [4.78, 5) is 13.9. The van der Waals surface area contributed by atoms with Crippen molar-refractivity contribution in [2.75, 3.05) is 20.2 Å². The second kappa shape index (κ2) is 4.37. The monoisotopic (exact) mass is 246 g/mol. The van der Waals surface area contributed by atoms with Gasteiger partial charge in [-0.15, -0.1) is 0 Å². The van der Waals surface area contributed by atoms with Crippen molar-refractivity contribution in [3.05, 3.63) is 22.9 Å². The second-order valence-corrected chi connectivity index (χ2v) is 5.24. The summed E-state index contributed by atoms with van der Waals surface area (Å²) in [6.07, 6.45) is 3.42. The maximum Gasteiger partial charge on any atom is 0.333 e. The fraction of sp³-hybridized carbons (Fsp3) is 0.444. The third-order valence-electron chi connectivity index (χ3n) is 2.16. The number of nitrogens with one attached hydrogen (secondary N) is 1. The molecule has 0 aromatic carbocycles. The molecule has 0 saturated carbocycles. The Labute approximate surface area is 97.3 Å². The topological polar surface area (TPSA) is 41.6 Å². The van der Waals surface area contributed by atoms with E-state index < -0.39 is 0 Å². The zero-order chi connectivity index (χ0) is 10.8. The molecule has 0 aromatic rings. The quantitative estimate of drug-likeness (QED) is 0.458. The van der Waals surface area contributed by atoms with Crippen molar-refractivity contribution in [1.29, 1.82) is 0 Å². The number of cyclic esters (lactones) is 1. The van der Waals surface area contributed by atoms with Gasteiger partial charge in [-0.3, -0.25) is 0 Å². The largest absolute Gasteiger partial charge is 0.456 e. The molecule has 2 aliphatic rings. The molecule has 0 aliphatic carbocycles. The van der Waals surface area contributed by atoms with Crippen molar-refractivity contribution in [2.45, 2.75) is 4.83 Å². The lowest BCUT2D eigenvalue weighted by molar-refractivity contribution is -0.135. The van der Waals surface area contributed by atoms with E-state index in [9.17, 15) is 4.79 Å². The van der Waals surface area contributed by atoms with Gasteiger partial charge < -0.3 is 15.0 Å². The molecule has 0 saturated heterocycles. The van der Waals surface area contributed by atoms with E-state index in [-0.39, 0.29) is 10.8 Å². The number of halogens is 1. The van der Waals surface area contributed by atoms with E-state index in [1.165, 1.54) is 6.08 Å². The summed E-state index contributed by atoms with van der Waals surface area (Å²) < 4.78 is 4.83. The summed E-state index contributed by atoms with van der Waals surface area (Å²) in [6.45, 7) is 1.11. The maximum atomic E-state index is 10.9. The lowest BCUT2D eigenvalue weighted by Gasteiger charge is -2.19. The van der Waals surface area contributed by atoms with Gasteiger partial charge in [-0.1, -0.05) is 23.4 Å². The number of hydrogen-bond acceptors (Lipinski definition) is 5. The third-order valence-corrected chi connectivity index (χ3v) is 3.45. The van der Waals surface area contributed by atoms with Crippen LogP contribution in [-0.2, 0) is 9.53 Å². The number of carbonyl (C=O) groups is 1. The van der Waals surface area contributed by atoms with Gasteiger partial charge in [-0.25, -0.2) is 4.79 Å². The Hall–Kier alpha value is -0.810. The number of esters is 1. The van der Waals surface area contributed by atoms with Crippen LogP contribution in [0, 0.1) is 0 Å². The van der Waals surface area contributed by atoms with Gasteiger partial charge in [0.05, 0.1) is 5.70 Å². The minimum atomic E-state index is -0.266. The minimum absolute atomic E-state index is 0.0798. The first-order valence-corrected chi connectivity index (χ1v) is 5.81. The van der Waals surface area contributed by atoms with Crippen LogP contribution >= 0.6 is 23.4 Å². The molecule has 0 spiro atoms. The number of hydrogen-bond donors (Lipinski definition) is 1. The van der Waals surface area contributed by atoms with Gasteiger partial charge in [0, 0.05) is 30.8 Å². The van der Waals surface area contributed by atoms with E-state index in [4.69, 9.17) is 16.3 Å². The van der Waals surface area contributed by atoms with E-state index in [0.717, 1.165) is 17.1 Å². The van der Waals surface area contributed by atoms with Crippen LogP contribution in [0.1, 0.15) is 0 Å². The van der Waals surface area contributed by atoms with Crippen molar-refractivity contribution in [3.8, 4) is 0 Å². The molecule has 15 heavy (non-hydrogen) atoms. The Kier molecular flexibility index (Phi) is 3.11. The van der Waals surface area contributed by atoms with Crippen LogP contribution in [0.5, 0.6) is 0 Å². The molecule has 0 radical (unpaired) electrons. The molecule has 0 fully saturated rings. The number of carbonyl (C=O) groups excluding carboxylic acids is 1. The van der Waals surface area contributed by atoms with Crippen LogP contribution in [0.25, 0.3) is 0 Å². The first kappa shape index (κ1) is 10.7. The molecule has 0 amide bonds. The fourth-order valence-electron chi connectivity index (χ4n) is 1.36. The molecule has 1 unspecified atom stereocenters. The summed E-state index contributed by atoms with van der Waals surface area (Å²) in [5, 5.41) is 3.00. The molecule has 1 atom stereocenters. The zero-order valence-electron chi connectivity index (χ0n) is 8.20. The van der Waals surface area contributed by atoms with Crippen LogP contribution in [0.4, 0.5) is 0 Å². The van der Waals surface area contributed by atoms with Crippen molar-refractivity contribution in [3.63, 3.8) is 0 Å². The number of nitrogens with zero attached hydrogens (tertiary/aromatic N) is 1. The first-order valence-electron chi connectivity index (χ1n) is 4.49.